The highest BCUT2D eigenvalue weighted by atomic mass is 15.3. The maximum Gasteiger partial charge on any atom is 0.0509 e. The van der Waals surface area contributed by atoms with Crippen molar-refractivity contribution in [2.24, 2.45) is 10.9 Å². The molecule has 1 saturated heterocycles. The highest BCUT2D eigenvalue weighted by Gasteiger charge is 2.18. The summed E-state index contributed by atoms with van der Waals surface area (Å²) >= 11 is 0. The average molecular weight is 235 g/mol. The third-order valence-corrected chi connectivity index (χ3v) is 3.38. The van der Waals surface area contributed by atoms with Gasteiger partial charge in [0.2, 0.25) is 0 Å². The second-order valence-corrected chi connectivity index (χ2v) is 4.75. The molecule has 1 atom stereocenters. The van der Waals surface area contributed by atoms with Crippen LogP contribution in [-0.2, 0) is 0 Å². The van der Waals surface area contributed by atoms with Gasteiger partial charge >= 0.3 is 0 Å². The Hall–Kier alpha value is -0.850. The van der Waals surface area contributed by atoms with Gasteiger partial charge in [0.25, 0.3) is 0 Å². The van der Waals surface area contributed by atoms with Crippen LogP contribution in [0, 0.1) is 18.3 Å². The van der Waals surface area contributed by atoms with E-state index in [0.29, 0.717) is 5.92 Å². The van der Waals surface area contributed by atoms with Gasteiger partial charge in [-0.25, -0.2) is 0 Å². The van der Waals surface area contributed by atoms with Crippen molar-refractivity contribution in [3.63, 3.8) is 0 Å². The standard InChI is InChI=1S/C14H25N3/c1-4-7-14-8-6-10-16(5-2)13-17(12-14)11-9-15-3/h1,9,14H,5-8,10-13H2,2-3H3. The molecule has 0 amide bonds. The highest BCUT2D eigenvalue weighted by Crippen LogP contribution is 2.16. The van der Waals surface area contributed by atoms with E-state index in [4.69, 9.17) is 6.42 Å². The molecule has 1 fully saturated rings. The fraction of sp³-hybridized carbons (Fsp3) is 0.786. The van der Waals surface area contributed by atoms with Crippen molar-refractivity contribution >= 4 is 6.21 Å². The van der Waals surface area contributed by atoms with Gasteiger partial charge in [-0.05, 0) is 31.8 Å². The Morgan fingerprint density at radius 3 is 2.94 bits per heavy atom. The topological polar surface area (TPSA) is 18.8 Å². The Balaban J connectivity index is 2.56. The van der Waals surface area contributed by atoms with Crippen LogP contribution in [0.4, 0.5) is 0 Å². The normalized spacial score (nSPS) is 24.4. The van der Waals surface area contributed by atoms with Crippen molar-refractivity contribution in [1.82, 2.24) is 9.80 Å². The highest BCUT2D eigenvalue weighted by molar-refractivity contribution is 5.59. The molecule has 3 nitrogen and oxygen atoms in total. The summed E-state index contributed by atoms with van der Waals surface area (Å²) in [6.45, 7) is 7.63. The number of hydrogen-bond acceptors (Lipinski definition) is 3. The molecule has 1 heterocycles. The Labute approximate surface area is 106 Å². The smallest absolute Gasteiger partial charge is 0.0509 e. The third-order valence-electron chi connectivity index (χ3n) is 3.38. The van der Waals surface area contributed by atoms with Crippen LogP contribution in [0.1, 0.15) is 26.2 Å². The van der Waals surface area contributed by atoms with E-state index in [2.05, 4.69) is 27.6 Å². The van der Waals surface area contributed by atoms with Crippen LogP contribution in [0.3, 0.4) is 0 Å². The Bertz CT molecular complexity index is 267. The Morgan fingerprint density at radius 1 is 1.47 bits per heavy atom. The molecule has 96 valence electrons. The van der Waals surface area contributed by atoms with Gasteiger partial charge in [0.1, 0.15) is 0 Å². The predicted octanol–water partition coefficient (Wildman–Crippen LogP) is 1.70. The maximum atomic E-state index is 5.44. The first-order valence-corrected chi connectivity index (χ1v) is 6.59. The minimum Gasteiger partial charge on any atom is -0.300 e. The van der Waals surface area contributed by atoms with Crippen LogP contribution in [0.5, 0.6) is 0 Å². The Kier molecular flexibility index (Phi) is 6.91. The van der Waals surface area contributed by atoms with E-state index in [1.54, 1.807) is 0 Å². The van der Waals surface area contributed by atoms with Crippen molar-refractivity contribution in [2.45, 2.75) is 26.2 Å². The first kappa shape index (κ1) is 14.2. The summed E-state index contributed by atoms with van der Waals surface area (Å²) in [5, 5.41) is 0. The lowest BCUT2D eigenvalue weighted by Gasteiger charge is -2.34. The summed E-state index contributed by atoms with van der Waals surface area (Å²) < 4.78 is 0. The fourth-order valence-electron chi connectivity index (χ4n) is 2.39. The van der Waals surface area contributed by atoms with E-state index in [-0.39, 0.29) is 0 Å². The van der Waals surface area contributed by atoms with Crippen LogP contribution < -0.4 is 0 Å². The zero-order valence-corrected chi connectivity index (χ0v) is 11.2. The number of aliphatic imine (C=N–C) groups is 1. The lowest BCUT2D eigenvalue weighted by molar-refractivity contribution is 0.110. The van der Waals surface area contributed by atoms with Gasteiger partial charge in [-0.15, -0.1) is 12.3 Å². The molecule has 0 aliphatic carbocycles. The van der Waals surface area contributed by atoms with Gasteiger partial charge in [-0.3, -0.25) is 14.8 Å². The second kappa shape index (κ2) is 8.27. The summed E-state index contributed by atoms with van der Waals surface area (Å²) in [4.78, 5) is 9.03. The molecule has 1 rings (SSSR count). The van der Waals surface area contributed by atoms with Crippen LogP contribution >= 0.6 is 0 Å². The van der Waals surface area contributed by atoms with E-state index >= 15 is 0 Å². The first-order valence-electron chi connectivity index (χ1n) is 6.59. The number of nitrogens with zero attached hydrogens (tertiary/aromatic N) is 3. The number of rotatable bonds is 4. The quantitative estimate of drug-likeness (QED) is 0.545. The van der Waals surface area contributed by atoms with Gasteiger partial charge in [0.15, 0.2) is 0 Å². The zero-order chi connectivity index (χ0) is 12.5. The number of terminal acetylenes is 1. The molecule has 0 saturated carbocycles. The third kappa shape index (κ3) is 5.34. The van der Waals surface area contributed by atoms with E-state index in [9.17, 15) is 0 Å². The van der Waals surface area contributed by atoms with Crippen LogP contribution in [0.2, 0.25) is 0 Å². The molecule has 0 spiro atoms. The van der Waals surface area contributed by atoms with Crippen LogP contribution in [0.25, 0.3) is 0 Å². The summed E-state index contributed by atoms with van der Waals surface area (Å²) in [6.07, 6.45) is 10.9. The molecule has 0 aromatic heterocycles. The van der Waals surface area contributed by atoms with E-state index in [1.165, 1.54) is 19.4 Å². The molecule has 3 heteroatoms. The average Bonchev–Trinajstić information content (AvgIpc) is 2.31. The monoisotopic (exact) mass is 235 g/mol. The van der Waals surface area contributed by atoms with Crippen molar-refractivity contribution in [2.75, 3.05) is 39.9 Å². The summed E-state index contributed by atoms with van der Waals surface area (Å²) in [7, 11) is 1.83. The molecule has 1 aliphatic heterocycles. The molecule has 0 aromatic carbocycles. The van der Waals surface area contributed by atoms with Crippen molar-refractivity contribution in [1.29, 1.82) is 0 Å². The molecule has 0 aromatic rings. The molecule has 0 radical (unpaired) electrons. The molecular formula is C14H25N3. The lowest BCUT2D eigenvalue weighted by Crippen LogP contribution is -2.43. The fourth-order valence-corrected chi connectivity index (χ4v) is 2.39. The van der Waals surface area contributed by atoms with Crippen LogP contribution in [-0.4, -0.2) is 55.9 Å². The van der Waals surface area contributed by atoms with E-state index < -0.39 is 0 Å². The van der Waals surface area contributed by atoms with Gasteiger partial charge in [0.05, 0.1) is 6.67 Å². The van der Waals surface area contributed by atoms with Crippen molar-refractivity contribution in [3.8, 4) is 12.3 Å². The van der Waals surface area contributed by atoms with E-state index in [1.807, 2.05) is 13.3 Å². The molecule has 17 heavy (non-hydrogen) atoms. The molecule has 0 N–H and O–H groups in total. The van der Waals surface area contributed by atoms with Crippen molar-refractivity contribution in [3.05, 3.63) is 0 Å². The molecule has 0 bridgehead atoms. The minimum absolute atomic E-state index is 0.657. The van der Waals surface area contributed by atoms with Crippen molar-refractivity contribution < 1.29 is 0 Å². The summed E-state index contributed by atoms with van der Waals surface area (Å²) in [6, 6.07) is 0. The van der Waals surface area contributed by atoms with Gasteiger partial charge < -0.3 is 0 Å². The Morgan fingerprint density at radius 2 is 2.29 bits per heavy atom. The first-order chi connectivity index (χ1) is 8.30. The molecule has 1 unspecified atom stereocenters. The largest absolute Gasteiger partial charge is 0.300 e. The predicted molar refractivity (Wildman–Crippen MR) is 74.3 cm³/mol. The van der Waals surface area contributed by atoms with Gasteiger partial charge in [-0.2, -0.15) is 0 Å². The SMILES string of the molecule is C#CCC1CCCN(CC)CN(CC=NC)C1. The molecule has 1 aliphatic rings. The minimum atomic E-state index is 0.657. The molecular weight excluding hydrogens is 210 g/mol. The lowest BCUT2D eigenvalue weighted by atomic mass is 9.98. The van der Waals surface area contributed by atoms with Gasteiger partial charge in [0, 0.05) is 32.8 Å². The second-order valence-electron chi connectivity index (χ2n) is 4.75. The maximum absolute atomic E-state index is 5.44. The van der Waals surface area contributed by atoms with E-state index in [0.717, 1.165) is 32.7 Å². The van der Waals surface area contributed by atoms with Gasteiger partial charge in [-0.1, -0.05) is 6.92 Å². The number of hydrogen-bond donors (Lipinski definition) is 0. The van der Waals surface area contributed by atoms with Crippen LogP contribution in [0.15, 0.2) is 4.99 Å². The zero-order valence-electron chi connectivity index (χ0n) is 11.2. The summed E-state index contributed by atoms with van der Waals surface area (Å²) in [5.74, 6) is 3.47. The summed E-state index contributed by atoms with van der Waals surface area (Å²) in [5.41, 5.74) is 0.